The first-order valence-corrected chi connectivity index (χ1v) is 7.64. The van der Waals surface area contributed by atoms with Crippen LogP contribution in [-0.4, -0.2) is 15.7 Å². The lowest BCUT2D eigenvalue weighted by atomic mass is 10.2. The van der Waals surface area contributed by atoms with Crippen LogP contribution in [0.15, 0.2) is 12.1 Å². The van der Waals surface area contributed by atoms with E-state index < -0.39 is 0 Å². The number of amides is 1. The van der Waals surface area contributed by atoms with E-state index in [4.69, 9.17) is 11.6 Å². The molecule has 1 aromatic carbocycles. The van der Waals surface area contributed by atoms with E-state index in [9.17, 15) is 4.79 Å². The zero-order chi connectivity index (χ0) is 13.3. The van der Waals surface area contributed by atoms with Crippen LogP contribution in [0.3, 0.4) is 0 Å². The molecule has 18 heavy (non-hydrogen) atoms. The second-order valence-electron chi connectivity index (χ2n) is 3.95. The van der Waals surface area contributed by atoms with Crippen molar-refractivity contribution in [3.8, 4) is 0 Å². The lowest BCUT2D eigenvalue weighted by Gasteiger charge is -2.04. The minimum absolute atomic E-state index is 0.0692. The van der Waals surface area contributed by atoms with Gasteiger partial charge in [0.2, 0.25) is 5.91 Å². The molecule has 0 radical (unpaired) electrons. The number of carbonyl (C=O) groups excluding carboxylic acids is 1. The molecule has 1 aromatic heterocycles. The van der Waals surface area contributed by atoms with Gasteiger partial charge in [-0.1, -0.05) is 45.8 Å². The zero-order valence-electron chi connectivity index (χ0n) is 9.96. The lowest BCUT2D eigenvalue weighted by Crippen LogP contribution is -2.21. The molecule has 3 nitrogen and oxygen atoms in total. The molecule has 96 valence electrons. The largest absolute Gasteiger partial charge is 0.301 e. The molecule has 1 N–H and O–H groups in total. The Kier molecular flexibility index (Phi) is 4.25. The van der Waals surface area contributed by atoms with E-state index in [0.717, 1.165) is 22.2 Å². The molecular formula is C12H12BrClN2OS. The summed E-state index contributed by atoms with van der Waals surface area (Å²) in [6.45, 7) is 3.90. The third-order valence-electron chi connectivity index (χ3n) is 2.52. The van der Waals surface area contributed by atoms with Crippen LogP contribution in [-0.2, 0) is 4.79 Å². The number of carbonyl (C=O) groups is 1. The maximum Gasteiger partial charge on any atom is 0.239 e. The minimum atomic E-state index is -0.186. The van der Waals surface area contributed by atoms with E-state index in [-0.39, 0.29) is 10.7 Å². The number of nitrogens with zero attached hydrogens (tertiary/aromatic N) is 1. The summed E-state index contributed by atoms with van der Waals surface area (Å²) >= 11 is 10.7. The number of fused-ring (bicyclic) bond motifs is 1. The molecule has 1 atom stereocenters. The summed E-state index contributed by atoms with van der Waals surface area (Å²) in [6, 6.07) is 3.73. The van der Waals surface area contributed by atoms with Crippen molar-refractivity contribution in [2.75, 3.05) is 5.32 Å². The van der Waals surface area contributed by atoms with Crippen LogP contribution < -0.4 is 5.32 Å². The van der Waals surface area contributed by atoms with Crippen LogP contribution in [0.25, 0.3) is 10.2 Å². The Morgan fingerprint density at radius 1 is 1.61 bits per heavy atom. The summed E-state index contributed by atoms with van der Waals surface area (Å²) in [4.78, 5) is 16.0. The first-order chi connectivity index (χ1) is 8.51. The SMILES string of the molecule is CC[C@@H](Br)C(=O)Nc1nc2c(C)cc(Cl)cc2s1. The number of alkyl halides is 1. The Balaban J connectivity index is 2.31. The van der Waals surface area contributed by atoms with Gasteiger partial charge in [-0.15, -0.1) is 0 Å². The number of thiazole rings is 1. The fourth-order valence-electron chi connectivity index (χ4n) is 1.58. The van der Waals surface area contributed by atoms with E-state index in [0.29, 0.717) is 10.2 Å². The summed E-state index contributed by atoms with van der Waals surface area (Å²) in [5, 5.41) is 4.11. The number of rotatable bonds is 3. The van der Waals surface area contributed by atoms with E-state index in [2.05, 4.69) is 26.2 Å². The Morgan fingerprint density at radius 2 is 2.33 bits per heavy atom. The van der Waals surface area contributed by atoms with Crippen molar-refractivity contribution in [3.63, 3.8) is 0 Å². The molecular weight excluding hydrogens is 336 g/mol. The third-order valence-corrected chi connectivity index (χ3v) is 4.72. The highest BCUT2D eigenvalue weighted by Crippen LogP contribution is 2.31. The Hall–Kier alpha value is -0.650. The molecule has 0 aliphatic carbocycles. The number of aromatic nitrogens is 1. The molecule has 1 heterocycles. The van der Waals surface area contributed by atoms with Crippen molar-refractivity contribution in [1.82, 2.24) is 4.98 Å². The van der Waals surface area contributed by atoms with Gasteiger partial charge in [0.05, 0.1) is 15.0 Å². The Bertz CT molecular complexity index is 599. The van der Waals surface area contributed by atoms with Crippen molar-refractivity contribution in [2.45, 2.75) is 25.1 Å². The summed E-state index contributed by atoms with van der Waals surface area (Å²) < 4.78 is 0.984. The predicted octanol–water partition coefficient (Wildman–Crippen LogP) is 4.37. The van der Waals surface area contributed by atoms with Crippen LogP contribution in [0.4, 0.5) is 5.13 Å². The number of hydrogen-bond donors (Lipinski definition) is 1. The van der Waals surface area contributed by atoms with Gasteiger partial charge in [-0.2, -0.15) is 0 Å². The van der Waals surface area contributed by atoms with Gasteiger partial charge in [0.25, 0.3) is 0 Å². The minimum Gasteiger partial charge on any atom is -0.301 e. The summed E-state index contributed by atoms with van der Waals surface area (Å²) in [7, 11) is 0. The van der Waals surface area contributed by atoms with Crippen molar-refractivity contribution < 1.29 is 4.79 Å². The van der Waals surface area contributed by atoms with Gasteiger partial charge >= 0.3 is 0 Å². The van der Waals surface area contributed by atoms with E-state index in [1.165, 1.54) is 11.3 Å². The summed E-state index contributed by atoms with van der Waals surface area (Å²) in [5.74, 6) is -0.0692. The van der Waals surface area contributed by atoms with Gasteiger partial charge < -0.3 is 5.32 Å². The molecule has 0 unspecified atom stereocenters. The van der Waals surface area contributed by atoms with Crippen LogP contribution in [0.1, 0.15) is 18.9 Å². The van der Waals surface area contributed by atoms with Crippen LogP contribution in [0.2, 0.25) is 5.02 Å². The highest BCUT2D eigenvalue weighted by atomic mass is 79.9. The molecule has 0 aliphatic rings. The molecule has 0 saturated carbocycles. The summed E-state index contributed by atoms with van der Waals surface area (Å²) in [5.41, 5.74) is 1.91. The molecule has 0 fully saturated rings. The summed E-state index contributed by atoms with van der Waals surface area (Å²) in [6.07, 6.45) is 0.738. The predicted molar refractivity (Wildman–Crippen MR) is 81.0 cm³/mol. The molecule has 2 rings (SSSR count). The number of benzene rings is 1. The number of nitrogens with one attached hydrogen (secondary N) is 1. The lowest BCUT2D eigenvalue weighted by molar-refractivity contribution is -0.115. The van der Waals surface area contributed by atoms with Crippen LogP contribution in [0, 0.1) is 6.92 Å². The van der Waals surface area contributed by atoms with Crippen molar-refractivity contribution in [1.29, 1.82) is 0 Å². The van der Waals surface area contributed by atoms with Gasteiger partial charge in [-0.3, -0.25) is 4.79 Å². The smallest absolute Gasteiger partial charge is 0.239 e. The van der Waals surface area contributed by atoms with Crippen LogP contribution in [0.5, 0.6) is 0 Å². The zero-order valence-corrected chi connectivity index (χ0v) is 13.1. The fraction of sp³-hybridized carbons (Fsp3) is 0.333. The highest BCUT2D eigenvalue weighted by Gasteiger charge is 2.15. The maximum atomic E-state index is 11.8. The molecule has 2 aromatic rings. The second-order valence-corrected chi connectivity index (χ2v) is 6.53. The molecule has 1 amide bonds. The quantitative estimate of drug-likeness (QED) is 0.838. The number of halogens is 2. The maximum absolute atomic E-state index is 11.8. The van der Waals surface area contributed by atoms with Crippen LogP contribution >= 0.6 is 38.9 Å². The van der Waals surface area contributed by atoms with Gasteiger partial charge in [0.15, 0.2) is 5.13 Å². The number of aryl methyl sites for hydroxylation is 1. The standard InChI is InChI=1S/C12H12BrClN2OS/c1-3-8(13)11(17)16-12-15-10-6(2)4-7(14)5-9(10)18-12/h4-5,8H,3H2,1-2H3,(H,15,16,17)/t8-/m1/s1. The monoisotopic (exact) mass is 346 g/mol. The molecule has 6 heteroatoms. The average Bonchev–Trinajstić information content (AvgIpc) is 2.70. The molecule has 0 spiro atoms. The molecule has 0 saturated heterocycles. The van der Waals surface area contributed by atoms with Crippen molar-refractivity contribution >= 4 is 60.1 Å². The Morgan fingerprint density at radius 3 is 3.00 bits per heavy atom. The first-order valence-electron chi connectivity index (χ1n) is 5.53. The van der Waals surface area contributed by atoms with Crippen molar-refractivity contribution in [3.05, 3.63) is 22.7 Å². The van der Waals surface area contributed by atoms with Gasteiger partial charge in [-0.05, 0) is 31.0 Å². The first kappa shape index (κ1) is 13.8. The average molecular weight is 348 g/mol. The van der Waals surface area contributed by atoms with E-state index >= 15 is 0 Å². The second kappa shape index (κ2) is 5.55. The normalized spacial score (nSPS) is 12.7. The van der Waals surface area contributed by atoms with Gasteiger partial charge in [0.1, 0.15) is 0 Å². The van der Waals surface area contributed by atoms with Gasteiger partial charge in [-0.25, -0.2) is 4.98 Å². The van der Waals surface area contributed by atoms with Gasteiger partial charge in [0, 0.05) is 5.02 Å². The third kappa shape index (κ3) is 2.84. The number of hydrogen-bond acceptors (Lipinski definition) is 3. The highest BCUT2D eigenvalue weighted by molar-refractivity contribution is 9.10. The van der Waals surface area contributed by atoms with Crippen molar-refractivity contribution in [2.24, 2.45) is 0 Å². The fourth-order valence-corrected chi connectivity index (χ4v) is 3.01. The van der Waals surface area contributed by atoms with E-state index in [1.54, 1.807) is 0 Å². The number of anilines is 1. The van der Waals surface area contributed by atoms with E-state index in [1.807, 2.05) is 26.0 Å². The molecule has 0 bridgehead atoms. The topological polar surface area (TPSA) is 42.0 Å². The Labute approximate surface area is 123 Å². The molecule has 0 aliphatic heterocycles.